The molecule has 0 spiro atoms. The van der Waals surface area contributed by atoms with Gasteiger partial charge in [0.2, 0.25) is 0 Å². The van der Waals surface area contributed by atoms with Crippen molar-refractivity contribution in [2.45, 2.75) is 26.2 Å². The third-order valence-corrected chi connectivity index (χ3v) is 3.18. The van der Waals surface area contributed by atoms with E-state index >= 15 is 0 Å². The summed E-state index contributed by atoms with van der Waals surface area (Å²) in [5.74, 6) is -0.0818. The molecule has 6 nitrogen and oxygen atoms in total. The fourth-order valence-corrected chi connectivity index (χ4v) is 2.01. The van der Waals surface area contributed by atoms with Gasteiger partial charge in [-0.25, -0.2) is 4.79 Å². The highest BCUT2D eigenvalue weighted by atomic mass is 16.5. The summed E-state index contributed by atoms with van der Waals surface area (Å²) in [5, 5.41) is 19.3. The number of aliphatic hydroxyl groups excluding tert-OH is 1. The molecule has 1 aromatic heterocycles. The van der Waals surface area contributed by atoms with E-state index in [0.717, 1.165) is 19.3 Å². The number of allylic oxidation sites excluding steroid dienone is 1. The number of aliphatic hydroxyl groups is 1. The predicted molar refractivity (Wildman–Crippen MR) is 86.0 cm³/mol. The summed E-state index contributed by atoms with van der Waals surface area (Å²) in [6.45, 7) is 2.09. The lowest BCUT2D eigenvalue weighted by Gasteiger charge is -2.07. The Kier molecular flexibility index (Phi) is 6.05. The Balaban J connectivity index is 2.26. The molecule has 2 N–H and O–H groups in total. The molecule has 0 radical (unpaired) electrons. The van der Waals surface area contributed by atoms with Crippen molar-refractivity contribution in [3.8, 4) is 17.2 Å². The van der Waals surface area contributed by atoms with Gasteiger partial charge in [0.1, 0.15) is 17.9 Å². The number of rotatable bonds is 8. The zero-order chi connectivity index (χ0) is 16.7. The molecule has 0 saturated carbocycles. The molecule has 2 rings (SSSR count). The normalized spacial score (nSPS) is 11.2. The number of hydrogen-bond acceptors (Lipinski definition) is 6. The summed E-state index contributed by atoms with van der Waals surface area (Å²) >= 11 is 0. The third-order valence-electron chi connectivity index (χ3n) is 3.18. The van der Waals surface area contributed by atoms with Crippen molar-refractivity contribution < 1.29 is 24.1 Å². The fourth-order valence-electron chi connectivity index (χ4n) is 2.01. The van der Waals surface area contributed by atoms with E-state index in [1.165, 1.54) is 12.3 Å². The quantitative estimate of drug-likeness (QED) is 0.441. The summed E-state index contributed by atoms with van der Waals surface area (Å²) in [6.07, 6.45) is 6.09. The van der Waals surface area contributed by atoms with E-state index < -0.39 is 5.63 Å². The molecule has 2 aromatic rings. The van der Waals surface area contributed by atoms with Gasteiger partial charge in [0.15, 0.2) is 5.75 Å². The number of ether oxygens (including phenoxy) is 2. The summed E-state index contributed by atoms with van der Waals surface area (Å²) in [6, 6.07) is 4.65. The molecule has 0 aliphatic carbocycles. The number of hydrogen-bond donors (Lipinski definition) is 2. The van der Waals surface area contributed by atoms with Crippen molar-refractivity contribution in [2.75, 3.05) is 13.2 Å². The van der Waals surface area contributed by atoms with E-state index in [9.17, 15) is 9.90 Å². The van der Waals surface area contributed by atoms with Crippen LogP contribution in [0.25, 0.3) is 11.0 Å². The number of unbranched alkanes of at least 4 members (excludes halogenated alkanes) is 2. The first kappa shape index (κ1) is 16.9. The molecule has 0 aliphatic rings. The van der Waals surface area contributed by atoms with Crippen molar-refractivity contribution in [2.24, 2.45) is 0 Å². The van der Waals surface area contributed by atoms with Gasteiger partial charge in [-0.2, -0.15) is 0 Å². The maximum atomic E-state index is 11.9. The smallest absolute Gasteiger partial charge is 0.383 e. The Morgan fingerprint density at radius 1 is 1.35 bits per heavy atom. The molecule has 1 aromatic carbocycles. The molecule has 6 heteroatoms. The van der Waals surface area contributed by atoms with Gasteiger partial charge >= 0.3 is 5.63 Å². The topological polar surface area (TPSA) is 89.1 Å². The van der Waals surface area contributed by atoms with Crippen LogP contribution >= 0.6 is 0 Å². The van der Waals surface area contributed by atoms with Crippen LogP contribution in [0.4, 0.5) is 0 Å². The van der Waals surface area contributed by atoms with Gasteiger partial charge in [-0.1, -0.05) is 13.3 Å². The minimum absolute atomic E-state index is 0.121. The van der Waals surface area contributed by atoms with Crippen LogP contribution in [0.2, 0.25) is 0 Å². The zero-order valence-corrected chi connectivity index (χ0v) is 12.9. The van der Waals surface area contributed by atoms with Crippen molar-refractivity contribution in [1.29, 1.82) is 0 Å². The molecule has 0 atom stereocenters. The number of aromatic hydroxyl groups is 1. The van der Waals surface area contributed by atoms with Crippen molar-refractivity contribution in [1.82, 2.24) is 0 Å². The molecule has 0 aliphatic heterocycles. The van der Waals surface area contributed by atoms with Crippen molar-refractivity contribution >= 4 is 11.0 Å². The zero-order valence-electron chi connectivity index (χ0n) is 12.9. The van der Waals surface area contributed by atoms with Gasteiger partial charge in [-0.3, -0.25) is 0 Å². The van der Waals surface area contributed by atoms with Crippen LogP contribution in [0.1, 0.15) is 26.2 Å². The summed E-state index contributed by atoms with van der Waals surface area (Å²) in [5.41, 5.74) is -0.584. The highest BCUT2D eigenvalue weighted by Gasteiger charge is 2.15. The molecule has 0 amide bonds. The Morgan fingerprint density at radius 3 is 2.91 bits per heavy atom. The Bertz CT molecular complexity index is 732. The number of fused-ring (bicyclic) bond motifs is 1. The highest BCUT2D eigenvalue weighted by Crippen LogP contribution is 2.33. The third kappa shape index (κ3) is 4.26. The first-order valence-corrected chi connectivity index (χ1v) is 7.52. The van der Waals surface area contributed by atoms with Crippen molar-refractivity contribution in [3.05, 3.63) is 41.0 Å². The minimum Gasteiger partial charge on any atom is -0.504 e. The van der Waals surface area contributed by atoms with Crippen molar-refractivity contribution in [3.63, 3.8) is 0 Å². The Labute approximate surface area is 133 Å². The lowest BCUT2D eigenvalue weighted by Crippen LogP contribution is -2.04. The van der Waals surface area contributed by atoms with Crippen LogP contribution in [0.15, 0.2) is 39.7 Å². The summed E-state index contributed by atoms with van der Waals surface area (Å²) in [4.78, 5) is 11.9. The molecule has 0 fully saturated rings. The van der Waals surface area contributed by atoms with Crippen LogP contribution in [-0.2, 0) is 0 Å². The SMILES string of the molecule is CCCC/C=C/Oc1c(O)c2ccc(OCCO)cc2oc1=O. The average Bonchev–Trinajstić information content (AvgIpc) is 2.55. The van der Waals surface area contributed by atoms with Gasteiger partial charge in [0, 0.05) is 6.07 Å². The fraction of sp³-hybridized carbons (Fsp3) is 0.353. The predicted octanol–water partition coefficient (Wildman–Crippen LogP) is 2.95. The van der Waals surface area contributed by atoms with Gasteiger partial charge < -0.3 is 24.1 Å². The second-order valence-electron chi connectivity index (χ2n) is 4.93. The van der Waals surface area contributed by atoms with Crippen LogP contribution in [0.3, 0.4) is 0 Å². The van der Waals surface area contributed by atoms with Crippen LogP contribution in [-0.4, -0.2) is 23.4 Å². The molecule has 0 bridgehead atoms. The molecular formula is C17H20O6. The molecule has 124 valence electrons. The number of benzene rings is 1. The molecular weight excluding hydrogens is 300 g/mol. The van der Waals surface area contributed by atoms with Gasteiger partial charge in [-0.05, 0) is 31.1 Å². The largest absolute Gasteiger partial charge is 0.504 e. The lowest BCUT2D eigenvalue weighted by molar-refractivity contribution is 0.201. The van der Waals surface area contributed by atoms with E-state index in [1.54, 1.807) is 18.2 Å². The first-order chi connectivity index (χ1) is 11.2. The standard InChI is InChI=1S/C17H20O6/c1-2-3-4-5-9-22-16-15(19)13-7-6-12(21-10-8-18)11-14(13)23-17(16)20/h5-7,9,11,18-19H,2-4,8,10H2,1H3/b9-5+. The molecule has 23 heavy (non-hydrogen) atoms. The first-order valence-electron chi connectivity index (χ1n) is 7.52. The second kappa shape index (κ2) is 8.24. The Hall–Kier alpha value is -2.47. The Morgan fingerprint density at radius 2 is 2.17 bits per heavy atom. The van der Waals surface area contributed by atoms with Crippen LogP contribution < -0.4 is 15.1 Å². The molecule has 0 saturated heterocycles. The maximum Gasteiger partial charge on any atom is 0.383 e. The van der Waals surface area contributed by atoms with Crippen LogP contribution in [0.5, 0.6) is 17.2 Å². The van der Waals surface area contributed by atoms with Gasteiger partial charge in [-0.15, -0.1) is 0 Å². The highest BCUT2D eigenvalue weighted by molar-refractivity contribution is 5.86. The van der Waals surface area contributed by atoms with E-state index in [4.69, 9.17) is 19.0 Å². The molecule has 0 unspecified atom stereocenters. The monoisotopic (exact) mass is 320 g/mol. The second-order valence-corrected chi connectivity index (χ2v) is 4.93. The molecule has 1 heterocycles. The van der Waals surface area contributed by atoms with Crippen LogP contribution in [0, 0.1) is 0 Å². The summed E-state index contributed by atoms with van der Waals surface area (Å²) in [7, 11) is 0. The minimum atomic E-state index is -0.769. The average molecular weight is 320 g/mol. The van der Waals surface area contributed by atoms with Gasteiger partial charge in [0.25, 0.3) is 5.75 Å². The van der Waals surface area contributed by atoms with E-state index in [2.05, 4.69) is 6.92 Å². The van der Waals surface area contributed by atoms with Gasteiger partial charge in [0.05, 0.1) is 18.3 Å². The summed E-state index contributed by atoms with van der Waals surface area (Å²) < 4.78 is 15.6. The maximum absolute atomic E-state index is 11.9. The van der Waals surface area contributed by atoms with E-state index in [1.807, 2.05) is 0 Å². The lowest BCUT2D eigenvalue weighted by atomic mass is 10.2. The van der Waals surface area contributed by atoms with E-state index in [0.29, 0.717) is 11.1 Å². The van der Waals surface area contributed by atoms with E-state index in [-0.39, 0.29) is 30.3 Å².